The molecule has 0 aliphatic heterocycles. The van der Waals surface area contributed by atoms with Gasteiger partial charge in [-0.05, 0) is 33.8 Å². The molecule has 3 rings (SSSR count). The quantitative estimate of drug-likeness (QED) is 0.329. The van der Waals surface area contributed by atoms with E-state index >= 15 is 0 Å². The summed E-state index contributed by atoms with van der Waals surface area (Å²) >= 11 is 0. The van der Waals surface area contributed by atoms with Crippen molar-refractivity contribution in [1.29, 1.82) is 0 Å². The van der Waals surface area contributed by atoms with Gasteiger partial charge in [0.25, 0.3) is 0 Å². The molecule has 0 atom stereocenters. The fraction of sp³-hybridized carbons (Fsp3) is 0.400. The highest BCUT2D eigenvalue weighted by molar-refractivity contribution is 14.0. The Bertz CT molecular complexity index is 941. The fourth-order valence-electron chi connectivity index (χ4n) is 3.10. The number of fused-ring (bicyclic) bond motifs is 1. The second-order valence-corrected chi connectivity index (χ2v) is 6.47. The van der Waals surface area contributed by atoms with Crippen molar-refractivity contribution in [3.63, 3.8) is 0 Å². The Morgan fingerprint density at radius 2 is 1.93 bits per heavy atom. The SMILES string of the molecule is CCNC(=NCc1c(C)nn(C)c1C)NCc1oc2ccccc2c1C.I. The average molecular weight is 481 g/mol. The highest BCUT2D eigenvalue weighted by Gasteiger charge is 2.11. The third-order valence-corrected chi connectivity index (χ3v) is 4.76. The van der Waals surface area contributed by atoms with Crippen molar-refractivity contribution < 1.29 is 4.42 Å². The van der Waals surface area contributed by atoms with Crippen LogP contribution in [-0.4, -0.2) is 22.3 Å². The number of rotatable bonds is 5. The molecule has 0 bridgehead atoms. The molecule has 146 valence electrons. The normalized spacial score (nSPS) is 11.5. The van der Waals surface area contributed by atoms with Gasteiger partial charge in [0.2, 0.25) is 0 Å². The first-order valence-electron chi connectivity index (χ1n) is 8.99. The number of halogens is 1. The Kier molecular flexibility index (Phi) is 7.29. The standard InChI is InChI=1S/C20H27N5O.HI/c1-6-21-20(22-11-17-14(3)24-25(5)15(17)4)23-12-19-13(2)16-9-7-8-10-18(16)26-19;/h7-10H,6,11-12H2,1-5H3,(H2,21,22,23);1H. The third kappa shape index (κ3) is 4.63. The van der Waals surface area contributed by atoms with E-state index in [2.05, 4.69) is 42.6 Å². The molecule has 0 fully saturated rings. The highest BCUT2D eigenvalue weighted by atomic mass is 127. The molecule has 7 heteroatoms. The second kappa shape index (κ2) is 9.25. The lowest BCUT2D eigenvalue weighted by Gasteiger charge is -2.10. The molecule has 2 heterocycles. The van der Waals surface area contributed by atoms with Crippen LogP contribution >= 0.6 is 24.0 Å². The van der Waals surface area contributed by atoms with Gasteiger partial charge in [0.05, 0.1) is 18.8 Å². The Morgan fingerprint density at radius 1 is 1.19 bits per heavy atom. The lowest BCUT2D eigenvalue weighted by atomic mass is 10.1. The van der Waals surface area contributed by atoms with E-state index in [1.807, 2.05) is 36.9 Å². The number of aryl methyl sites for hydroxylation is 3. The molecular weight excluding hydrogens is 453 g/mol. The van der Waals surface area contributed by atoms with Crippen LogP contribution in [0.5, 0.6) is 0 Å². The molecule has 6 nitrogen and oxygen atoms in total. The van der Waals surface area contributed by atoms with Crippen molar-refractivity contribution in [2.24, 2.45) is 12.0 Å². The van der Waals surface area contributed by atoms with Crippen molar-refractivity contribution in [2.75, 3.05) is 6.54 Å². The largest absolute Gasteiger partial charge is 0.459 e. The van der Waals surface area contributed by atoms with Crippen LogP contribution in [0.1, 0.15) is 35.2 Å². The van der Waals surface area contributed by atoms with E-state index in [0.717, 1.165) is 40.6 Å². The van der Waals surface area contributed by atoms with Crippen molar-refractivity contribution in [3.05, 3.63) is 52.5 Å². The van der Waals surface area contributed by atoms with Crippen molar-refractivity contribution in [1.82, 2.24) is 20.4 Å². The molecule has 0 saturated carbocycles. The Balaban J connectivity index is 0.00000261. The molecule has 2 aromatic heterocycles. The number of nitrogens with one attached hydrogen (secondary N) is 2. The van der Waals surface area contributed by atoms with Gasteiger partial charge in [0, 0.05) is 35.8 Å². The zero-order valence-electron chi connectivity index (χ0n) is 16.6. The van der Waals surface area contributed by atoms with E-state index in [1.165, 1.54) is 11.1 Å². The second-order valence-electron chi connectivity index (χ2n) is 6.47. The summed E-state index contributed by atoms with van der Waals surface area (Å²) in [6.07, 6.45) is 0. The van der Waals surface area contributed by atoms with Gasteiger partial charge in [-0.1, -0.05) is 18.2 Å². The van der Waals surface area contributed by atoms with Crippen LogP contribution in [0, 0.1) is 20.8 Å². The lowest BCUT2D eigenvalue weighted by molar-refractivity contribution is 0.534. The van der Waals surface area contributed by atoms with Crippen molar-refractivity contribution >= 4 is 40.9 Å². The van der Waals surface area contributed by atoms with E-state index in [4.69, 9.17) is 9.41 Å². The number of aromatic nitrogens is 2. The molecule has 0 unspecified atom stereocenters. The molecule has 3 aromatic rings. The summed E-state index contributed by atoms with van der Waals surface area (Å²) in [7, 11) is 1.96. The van der Waals surface area contributed by atoms with Crippen LogP contribution in [0.25, 0.3) is 11.0 Å². The molecule has 27 heavy (non-hydrogen) atoms. The predicted octanol–water partition coefficient (Wildman–Crippen LogP) is 3.96. The maximum atomic E-state index is 5.97. The van der Waals surface area contributed by atoms with Crippen LogP contribution in [0.4, 0.5) is 0 Å². The van der Waals surface area contributed by atoms with E-state index in [0.29, 0.717) is 13.1 Å². The fourth-order valence-corrected chi connectivity index (χ4v) is 3.10. The summed E-state index contributed by atoms with van der Waals surface area (Å²) in [4.78, 5) is 4.72. The Morgan fingerprint density at radius 3 is 2.56 bits per heavy atom. The maximum absolute atomic E-state index is 5.97. The van der Waals surface area contributed by atoms with Crippen molar-refractivity contribution in [2.45, 2.75) is 40.8 Å². The summed E-state index contributed by atoms with van der Waals surface area (Å²) in [5.74, 6) is 1.71. The molecule has 2 N–H and O–H groups in total. The summed E-state index contributed by atoms with van der Waals surface area (Å²) < 4.78 is 7.87. The zero-order valence-corrected chi connectivity index (χ0v) is 18.9. The van der Waals surface area contributed by atoms with Gasteiger partial charge in [-0.15, -0.1) is 24.0 Å². The van der Waals surface area contributed by atoms with Gasteiger partial charge in [-0.25, -0.2) is 4.99 Å². The molecule has 0 radical (unpaired) electrons. The first-order chi connectivity index (χ1) is 12.5. The number of hydrogen-bond donors (Lipinski definition) is 2. The summed E-state index contributed by atoms with van der Waals surface area (Å²) in [5, 5.41) is 12.3. The minimum atomic E-state index is 0. The minimum Gasteiger partial charge on any atom is -0.459 e. The molecular formula is C20H28IN5O. The highest BCUT2D eigenvalue weighted by Crippen LogP contribution is 2.24. The topological polar surface area (TPSA) is 67.4 Å². The molecule has 0 spiro atoms. The number of guanidine groups is 1. The Labute approximate surface area is 177 Å². The molecule has 0 aliphatic rings. The van der Waals surface area contributed by atoms with E-state index in [-0.39, 0.29) is 24.0 Å². The number of benzene rings is 1. The van der Waals surface area contributed by atoms with Crippen LogP contribution in [0.15, 0.2) is 33.7 Å². The molecule has 1 aromatic carbocycles. The number of aliphatic imine (C=N–C) groups is 1. The van der Waals surface area contributed by atoms with Gasteiger partial charge in [0.1, 0.15) is 11.3 Å². The van der Waals surface area contributed by atoms with Crippen molar-refractivity contribution in [3.8, 4) is 0 Å². The minimum absolute atomic E-state index is 0. The average Bonchev–Trinajstić information content (AvgIpc) is 3.07. The van der Waals surface area contributed by atoms with Gasteiger partial charge in [0.15, 0.2) is 5.96 Å². The monoisotopic (exact) mass is 481 g/mol. The predicted molar refractivity (Wildman–Crippen MR) is 121 cm³/mol. The van der Waals surface area contributed by atoms with Crippen LogP contribution in [0.3, 0.4) is 0 Å². The van der Waals surface area contributed by atoms with Gasteiger partial charge < -0.3 is 15.1 Å². The molecule has 0 amide bonds. The summed E-state index contributed by atoms with van der Waals surface area (Å²) in [6, 6.07) is 8.11. The van der Waals surface area contributed by atoms with Gasteiger partial charge in [-0.2, -0.15) is 5.10 Å². The van der Waals surface area contributed by atoms with Gasteiger partial charge in [-0.3, -0.25) is 4.68 Å². The van der Waals surface area contributed by atoms with Crippen LogP contribution in [0.2, 0.25) is 0 Å². The number of hydrogen-bond acceptors (Lipinski definition) is 3. The first kappa shape index (κ1) is 21.3. The third-order valence-electron chi connectivity index (χ3n) is 4.76. The van der Waals surface area contributed by atoms with E-state index in [1.54, 1.807) is 0 Å². The Hall–Kier alpha value is -2.03. The van der Waals surface area contributed by atoms with E-state index < -0.39 is 0 Å². The summed E-state index contributed by atoms with van der Waals surface area (Å²) in [5.41, 5.74) is 5.44. The first-order valence-corrected chi connectivity index (χ1v) is 8.99. The van der Waals surface area contributed by atoms with Gasteiger partial charge >= 0.3 is 0 Å². The molecule has 0 aliphatic carbocycles. The zero-order chi connectivity index (χ0) is 18.7. The lowest BCUT2D eigenvalue weighted by Crippen LogP contribution is -2.36. The summed E-state index contributed by atoms with van der Waals surface area (Å²) in [6.45, 7) is 10.2. The smallest absolute Gasteiger partial charge is 0.191 e. The molecule has 0 saturated heterocycles. The maximum Gasteiger partial charge on any atom is 0.191 e. The van der Waals surface area contributed by atoms with Crippen LogP contribution in [-0.2, 0) is 20.1 Å². The number of para-hydroxylation sites is 1. The van der Waals surface area contributed by atoms with E-state index in [9.17, 15) is 0 Å². The number of furan rings is 1. The van der Waals surface area contributed by atoms with Crippen LogP contribution < -0.4 is 10.6 Å². The number of nitrogens with zero attached hydrogens (tertiary/aromatic N) is 3.